The number of benzene rings is 1. The number of hydrogen-bond acceptors (Lipinski definition) is 3. The van der Waals surface area contributed by atoms with Crippen LogP contribution in [0.3, 0.4) is 0 Å². The average molecular weight is 286 g/mol. The van der Waals surface area contributed by atoms with E-state index in [0.717, 1.165) is 30.7 Å². The molecule has 114 valence electrons. The molecule has 21 heavy (non-hydrogen) atoms. The van der Waals surface area contributed by atoms with Crippen LogP contribution in [0.1, 0.15) is 37.7 Å². The van der Waals surface area contributed by atoms with Crippen LogP contribution in [0.5, 0.6) is 5.75 Å². The van der Waals surface area contributed by atoms with Crippen molar-refractivity contribution < 1.29 is 4.74 Å². The summed E-state index contributed by atoms with van der Waals surface area (Å²) in [6, 6.07) is 9.90. The van der Waals surface area contributed by atoms with Crippen molar-refractivity contribution in [3.05, 3.63) is 29.8 Å². The summed E-state index contributed by atoms with van der Waals surface area (Å²) in [5.74, 6) is 1.92. The normalized spacial score (nSPS) is 34.9. The van der Waals surface area contributed by atoms with Crippen molar-refractivity contribution in [2.75, 3.05) is 13.1 Å². The van der Waals surface area contributed by atoms with Crippen molar-refractivity contribution in [2.45, 2.75) is 56.7 Å². The van der Waals surface area contributed by atoms with Crippen LogP contribution in [0, 0.1) is 5.92 Å². The second-order valence-corrected chi connectivity index (χ2v) is 6.86. The smallest absolute Gasteiger partial charge is 0.123 e. The zero-order valence-electron chi connectivity index (χ0n) is 12.7. The minimum Gasteiger partial charge on any atom is -0.488 e. The highest BCUT2D eigenvalue weighted by Gasteiger charge is 2.35. The molecule has 4 atom stereocenters. The number of nitrogens with one attached hydrogen (secondary N) is 2. The largest absolute Gasteiger partial charge is 0.488 e. The number of rotatable bonds is 4. The second kappa shape index (κ2) is 5.98. The first-order chi connectivity index (χ1) is 10.4. The molecule has 2 fully saturated rings. The topological polar surface area (TPSA) is 33.3 Å². The third-order valence-electron chi connectivity index (χ3n) is 5.51. The van der Waals surface area contributed by atoms with E-state index in [0.29, 0.717) is 12.1 Å². The van der Waals surface area contributed by atoms with Gasteiger partial charge in [-0.15, -0.1) is 0 Å². The predicted octanol–water partition coefficient (Wildman–Crippen LogP) is 2.50. The fraction of sp³-hybridized carbons (Fsp3) is 0.667. The summed E-state index contributed by atoms with van der Waals surface area (Å²) in [7, 11) is 0. The molecule has 3 nitrogen and oxygen atoms in total. The Morgan fingerprint density at radius 1 is 1.14 bits per heavy atom. The van der Waals surface area contributed by atoms with Gasteiger partial charge in [-0.3, -0.25) is 0 Å². The number of ether oxygens (including phenoxy) is 1. The van der Waals surface area contributed by atoms with Crippen LogP contribution in [0.25, 0.3) is 0 Å². The summed E-state index contributed by atoms with van der Waals surface area (Å²) >= 11 is 0. The van der Waals surface area contributed by atoms with Gasteiger partial charge in [0.05, 0.1) is 0 Å². The summed E-state index contributed by atoms with van der Waals surface area (Å²) in [4.78, 5) is 0. The molecule has 4 rings (SSSR count). The zero-order chi connectivity index (χ0) is 14.1. The highest BCUT2D eigenvalue weighted by Crippen LogP contribution is 2.32. The Morgan fingerprint density at radius 2 is 2.10 bits per heavy atom. The maximum atomic E-state index is 6.05. The van der Waals surface area contributed by atoms with Crippen molar-refractivity contribution in [3.63, 3.8) is 0 Å². The molecular formula is C18H26N2O. The standard InChI is InChI=1S/C18H26N2O/c1-2-9-18-13(5-1)11-14(21-18)12-20-17-7-3-6-15(17)16-8-4-10-19-16/h1-2,5,9,14-17,19-20H,3-4,6-8,10-12H2. The Balaban J connectivity index is 1.31. The molecule has 2 aliphatic heterocycles. The van der Waals surface area contributed by atoms with Crippen LogP contribution in [-0.2, 0) is 6.42 Å². The third kappa shape index (κ3) is 2.82. The highest BCUT2D eigenvalue weighted by molar-refractivity contribution is 5.37. The Morgan fingerprint density at radius 3 is 2.95 bits per heavy atom. The Hall–Kier alpha value is -1.06. The molecule has 1 aliphatic carbocycles. The van der Waals surface area contributed by atoms with E-state index in [1.54, 1.807) is 0 Å². The van der Waals surface area contributed by atoms with Crippen LogP contribution in [0.4, 0.5) is 0 Å². The molecular weight excluding hydrogens is 260 g/mol. The van der Waals surface area contributed by atoms with Crippen molar-refractivity contribution in [1.82, 2.24) is 10.6 Å². The van der Waals surface area contributed by atoms with Crippen molar-refractivity contribution in [2.24, 2.45) is 5.92 Å². The maximum Gasteiger partial charge on any atom is 0.123 e. The molecule has 0 radical (unpaired) electrons. The summed E-state index contributed by atoms with van der Waals surface area (Å²) in [5.41, 5.74) is 1.37. The third-order valence-corrected chi connectivity index (χ3v) is 5.51. The van der Waals surface area contributed by atoms with E-state index in [9.17, 15) is 0 Å². The molecule has 1 saturated heterocycles. The van der Waals surface area contributed by atoms with Gasteiger partial charge >= 0.3 is 0 Å². The van der Waals surface area contributed by atoms with Gasteiger partial charge in [0, 0.05) is 25.0 Å². The molecule has 1 aromatic carbocycles. The van der Waals surface area contributed by atoms with Gasteiger partial charge in [0.1, 0.15) is 11.9 Å². The summed E-state index contributed by atoms with van der Waals surface area (Å²) in [6.45, 7) is 2.21. The van der Waals surface area contributed by atoms with Crippen LogP contribution in [-0.4, -0.2) is 31.3 Å². The van der Waals surface area contributed by atoms with E-state index in [2.05, 4.69) is 34.9 Å². The molecule has 1 saturated carbocycles. The fourth-order valence-corrected chi connectivity index (χ4v) is 4.45. The zero-order valence-corrected chi connectivity index (χ0v) is 12.7. The lowest BCUT2D eigenvalue weighted by atomic mass is 9.93. The lowest BCUT2D eigenvalue weighted by Gasteiger charge is -2.27. The van der Waals surface area contributed by atoms with Gasteiger partial charge in [-0.25, -0.2) is 0 Å². The highest BCUT2D eigenvalue weighted by atomic mass is 16.5. The van der Waals surface area contributed by atoms with E-state index in [4.69, 9.17) is 4.74 Å². The minimum atomic E-state index is 0.320. The lowest BCUT2D eigenvalue weighted by Crippen LogP contribution is -2.45. The SMILES string of the molecule is c1ccc2c(c1)CC(CNC1CCCC1C1CCCN1)O2. The van der Waals surface area contributed by atoms with Crippen LogP contribution in [0.2, 0.25) is 0 Å². The van der Waals surface area contributed by atoms with Gasteiger partial charge in [0.2, 0.25) is 0 Å². The van der Waals surface area contributed by atoms with Crippen LogP contribution >= 0.6 is 0 Å². The summed E-state index contributed by atoms with van der Waals surface area (Å²) in [6.07, 6.45) is 8.21. The molecule has 3 aliphatic rings. The van der Waals surface area contributed by atoms with Crippen molar-refractivity contribution in [3.8, 4) is 5.75 Å². The first-order valence-electron chi connectivity index (χ1n) is 8.61. The number of para-hydroxylation sites is 1. The summed E-state index contributed by atoms with van der Waals surface area (Å²) < 4.78 is 6.05. The predicted molar refractivity (Wildman–Crippen MR) is 84.7 cm³/mol. The van der Waals surface area contributed by atoms with E-state index >= 15 is 0 Å². The Kier molecular flexibility index (Phi) is 3.87. The molecule has 0 aromatic heterocycles. The molecule has 2 heterocycles. The van der Waals surface area contributed by atoms with E-state index in [-0.39, 0.29) is 0 Å². The Bertz CT molecular complexity index is 459. The molecule has 0 amide bonds. The molecule has 1 aromatic rings. The lowest BCUT2D eigenvalue weighted by molar-refractivity contribution is 0.210. The van der Waals surface area contributed by atoms with E-state index in [1.807, 2.05) is 0 Å². The van der Waals surface area contributed by atoms with Gasteiger partial charge in [-0.1, -0.05) is 24.6 Å². The van der Waals surface area contributed by atoms with Gasteiger partial charge in [0.25, 0.3) is 0 Å². The molecule has 0 spiro atoms. The number of hydrogen-bond donors (Lipinski definition) is 2. The van der Waals surface area contributed by atoms with Crippen molar-refractivity contribution in [1.29, 1.82) is 0 Å². The minimum absolute atomic E-state index is 0.320. The quantitative estimate of drug-likeness (QED) is 0.892. The van der Waals surface area contributed by atoms with Gasteiger partial charge in [-0.05, 0) is 49.8 Å². The summed E-state index contributed by atoms with van der Waals surface area (Å²) in [5, 5.41) is 7.52. The molecule has 4 unspecified atom stereocenters. The molecule has 3 heteroatoms. The number of fused-ring (bicyclic) bond motifs is 1. The average Bonchev–Trinajstić information content (AvgIpc) is 3.23. The first kappa shape index (κ1) is 13.6. The van der Waals surface area contributed by atoms with Gasteiger partial charge in [-0.2, -0.15) is 0 Å². The second-order valence-electron chi connectivity index (χ2n) is 6.86. The van der Waals surface area contributed by atoms with Crippen LogP contribution < -0.4 is 15.4 Å². The first-order valence-corrected chi connectivity index (χ1v) is 8.61. The molecule has 0 bridgehead atoms. The van der Waals surface area contributed by atoms with Crippen molar-refractivity contribution >= 4 is 0 Å². The van der Waals surface area contributed by atoms with Crippen LogP contribution in [0.15, 0.2) is 24.3 Å². The monoisotopic (exact) mass is 286 g/mol. The molecule has 2 N–H and O–H groups in total. The van der Waals surface area contributed by atoms with Gasteiger partial charge < -0.3 is 15.4 Å². The Labute approximate surface area is 127 Å². The van der Waals surface area contributed by atoms with E-state index in [1.165, 1.54) is 44.2 Å². The maximum absolute atomic E-state index is 6.05. The van der Waals surface area contributed by atoms with E-state index < -0.39 is 0 Å². The van der Waals surface area contributed by atoms with Gasteiger partial charge in [0.15, 0.2) is 0 Å². The fourth-order valence-electron chi connectivity index (χ4n) is 4.45.